The Kier molecular flexibility index (Phi) is 7.68. The van der Waals surface area contributed by atoms with Crippen molar-refractivity contribution in [2.45, 2.75) is 45.4 Å². The molecular formula is C14H21BrClNO. The third kappa shape index (κ3) is 5.15. The van der Waals surface area contributed by atoms with Crippen molar-refractivity contribution in [2.75, 3.05) is 6.61 Å². The van der Waals surface area contributed by atoms with Crippen LogP contribution in [0.25, 0.3) is 0 Å². The van der Waals surface area contributed by atoms with Crippen LogP contribution in [0.5, 0.6) is 5.88 Å². The smallest absolute Gasteiger partial charge is 0.217 e. The quantitative estimate of drug-likeness (QED) is 0.611. The van der Waals surface area contributed by atoms with Crippen molar-refractivity contribution < 1.29 is 4.74 Å². The Labute approximate surface area is 123 Å². The molecule has 1 heterocycles. The third-order valence-electron chi connectivity index (χ3n) is 3.03. The lowest BCUT2D eigenvalue weighted by atomic mass is 10.0. The lowest BCUT2D eigenvalue weighted by Gasteiger charge is -2.16. The topological polar surface area (TPSA) is 22.1 Å². The maximum absolute atomic E-state index is 5.90. The molecule has 0 saturated heterocycles. The van der Waals surface area contributed by atoms with E-state index in [-0.39, 0.29) is 0 Å². The average Bonchev–Trinajstić information content (AvgIpc) is 2.40. The van der Waals surface area contributed by atoms with Crippen LogP contribution in [0.3, 0.4) is 0 Å². The van der Waals surface area contributed by atoms with E-state index in [1.165, 1.54) is 19.3 Å². The zero-order valence-electron chi connectivity index (χ0n) is 11.1. The second-order valence-corrected chi connectivity index (χ2v) is 5.66. The summed E-state index contributed by atoms with van der Waals surface area (Å²) in [5.41, 5.74) is 0.941. The Morgan fingerprint density at radius 3 is 2.83 bits per heavy atom. The van der Waals surface area contributed by atoms with Gasteiger partial charge in [0.1, 0.15) is 0 Å². The number of hydrogen-bond donors (Lipinski definition) is 0. The van der Waals surface area contributed by atoms with Crippen LogP contribution in [0.1, 0.15) is 45.1 Å². The molecule has 0 amide bonds. The average molecular weight is 335 g/mol. The maximum atomic E-state index is 5.90. The van der Waals surface area contributed by atoms with E-state index in [0.717, 1.165) is 23.1 Å². The molecule has 1 aromatic rings. The SMILES string of the molecule is CCCCC(CC)COc1ncc(Br)cc1CCl. The van der Waals surface area contributed by atoms with Crippen LogP contribution in [-0.2, 0) is 5.88 Å². The van der Waals surface area contributed by atoms with Gasteiger partial charge in [0.05, 0.1) is 12.5 Å². The number of unbranched alkanes of at least 4 members (excludes halogenated alkanes) is 1. The summed E-state index contributed by atoms with van der Waals surface area (Å²) in [5, 5.41) is 0. The van der Waals surface area contributed by atoms with Gasteiger partial charge in [0.2, 0.25) is 5.88 Å². The first-order chi connectivity index (χ1) is 8.71. The number of alkyl halides is 1. The Balaban J connectivity index is 2.56. The van der Waals surface area contributed by atoms with Crippen molar-refractivity contribution in [3.8, 4) is 5.88 Å². The van der Waals surface area contributed by atoms with Gasteiger partial charge in [0.15, 0.2) is 0 Å². The number of ether oxygens (including phenoxy) is 1. The lowest BCUT2D eigenvalue weighted by molar-refractivity contribution is 0.224. The Bertz CT molecular complexity index is 360. The van der Waals surface area contributed by atoms with E-state index in [1.54, 1.807) is 6.20 Å². The summed E-state index contributed by atoms with van der Waals surface area (Å²) in [6.07, 6.45) is 6.61. The highest BCUT2D eigenvalue weighted by atomic mass is 79.9. The van der Waals surface area contributed by atoms with Crippen LogP contribution in [0.2, 0.25) is 0 Å². The molecule has 0 radical (unpaired) electrons. The fourth-order valence-corrected chi connectivity index (χ4v) is 2.36. The van der Waals surface area contributed by atoms with Gasteiger partial charge in [0, 0.05) is 16.2 Å². The number of pyridine rings is 1. The molecule has 0 saturated carbocycles. The van der Waals surface area contributed by atoms with Gasteiger partial charge in [0.25, 0.3) is 0 Å². The van der Waals surface area contributed by atoms with Crippen molar-refractivity contribution in [2.24, 2.45) is 5.92 Å². The Morgan fingerprint density at radius 2 is 2.22 bits per heavy atom. The standard InChI is InChI=1S/C14H21BrClNO/c1-3-5-6-11(4-2)10-18-14-12(8-16)7-13(15)9-17-14/h7,9,11H,3-6,8,10H2,1-2H3. The van der Waals surface area contributed by atoms with E-state index in [2.05, 4.69) is 34.8 Å². The van der Waals surface area contributed by atoms with Crippen LogP contribution < -0.4 is 4.74 Å². The minimum Gasteiger partial charge on any atom is -0.477 e. The Morgan fingerprint density at radius 1 is 1.44 bits per heavy atom. The largest absolute Gasteiger partial charge is 0.477 e. The summed E-state index contributed by atoms with van der Waals surface area (Å²) in [5.74, 6) is 1.70. The number of aromatic nitrogens is 1. The first-order valence-corrected chi connectivity index (χ1v) is 7.87. The molecule has 0 aliphatic carbocycles. The summed E-state index contributed by atoms with van der Waals surface area (Å²) in [4.78, 5) is 4.28. The molecule has 0 fully saturated rings. The summed E-state index contributed by atoms with van der Waals surface area (Å²) in [6.45, 7) is 5.16. The van der Waals surface area contributed by atoms with Crippen molar-refractivity contribution in [1.82, 2.24) is 4.98 Å². The number of rotatable bonds is 8. The summed E-state index contributed by atoms with van der Waals surface area (Å²) in [7, 11) is 0. The third-order valence-corrected chi connectivity index (χ3v) is 3.76. The molecule has 2 nitrogen and oxygen atoms in total. The predicted octanol–water partition coefficient (Wildman–Crippen LogP) is 5.18. The molecule has 1 aromatic heterocycles. The predicted molar refractivity (Wildman–Crippen MR) is 80.3 cm³/mol. The minimum atomic E-state index is 0.424. The van der Waals surface area contributed by atoms with Gasteiger partial charge >= 0.3 is 0 Å². The minimum absolute atomic E-state index is 0.424. The van der Waals surface area contributed by atoms with Gasteiger partial charge in [-0.15, -0.1) is 11.6 Å². The van der Waals surface area contributed by atoms with Crippen LogP contribution in [-0.4, -0.2) is 11.6 Å². The molecule has 0 bridgehead atoms. The summed E-state index contributed by atoms with van der Waals surface area (Å²) in [6, 6.07) is 1.96. The summed E-state index contributed by atoms with van der Waals surface area (Å²) < 4.78 is 6.75. The molecule has 18 heavy (non-hydrogen) atoms. The monoisotopic (exact) mass is 333 g/mol. The number of halogens is 2. The van der Waals surface area contributed by atoms with Crippen molar-refractivity contribution in [3.05, 3.63) is 22.3 Å². The van der Waals surface area contributed by atoms with E-state index in [1.807, 2.05) is 6.07 Å². The molecule has 0 aromatic carbocycles. The normalized spacial score (nSPS) is 12.4. The van der Waals surface area contributed by atoms with Crippen molar-refractivity contribution in [3.63, 3.8) is 0 Å². The highest BCUT2D eigenvalue weighted by molar-refractivity contribution is 9.10. The molecule has 0 aliphatic rings. The fraction of sp³-hybridized carbons (Fsp3) is 0.643. The van der Waals surface area contributed by atoms with Gasteiger partial charge < -0.3 is 4.74 Å². The first kappa shape index (κ1) is 15.8. The maximum Gasteiger partial charge on any atom is 0.217 e. The molecule has 4 heteroatoms. The van der Waals surface area contributed by atoms with Crippen LogP contribution in [0.4, 0.5) is 0 Å². The number of nitrogens with zero attached hydrogens (tertiary/aromatic N) is 1. The molecule has 0 spiro atoms. The van der Waals surface area contributed by atoms with E-state index >= 15 is 0 Å². The highest BCUT2D eigenvalue weighted by Crippen LogP contribution is 2.23. The molecule has 0 N–H and O–H groups in total. The summed E-state index contributed by atoms with van der Waals surface area (Å²) >= 11 is 9.28. The zero-order chi connectivity index (χ0) is 13.4. The Hall–Kier alpha value is -0.280. The highest BCUT2D eigenvalue weighted by Gasteiger charge is 2.10. The number of hydrogen-bond acceptors (Lipinski definition) is 2. The van der Waals surface area contributed by atoms with Crippen LogP contribution >= 0.6 is 27.5 Å². The molecular weight excluding hydrogens is 314 g/mol. The van der Waals surface area contributed by atoms with E-state index < -0.39 is 0 Å². The fourth-order valence-electron chi connectivity index (χ4n) is 1.79. The van der Waals surface area contributed by atoms with Crippen LogP contribution in [0.15, 0.2) is 16.7 Å². The molecule has 1 atom stereocenters. The van der Waals surface area contributed by atoms with E-state index in [0.29, 0.717) is 17.7 Å². The molecule has 1 rings (SSSR count). The van der Waals surface area contributed by atoms with Gasteiger partial charge in [-0.1, -0.05) is 33.1 Å². The second kappa shape index (κ2) is 8.76. The van der Waals surface area contributed by atoms with Crippen LogP contribution in [0, 0.1) is 5.92 Å². The first-order valence-electron chi connectivity index (χ1n) is 6.54. The van der Waals surface area contributed by atoms with Gasteiger partial charge in [-0.3, -0.25) is 0 Å². The molecule has 1 unspecified atom stereocenters. The van der Waals surface area contributed by atoms with Crippen molar-refractivity contribution >= 4 is 27.5 Å². The van der Waals surface area contributed by atoms with Gasteiger partial charge in [-0.05, 0) is 34.3 Å². The van der Waals surface area contributed by atoms with Gasteiger partial charge in [-0.2, -0.15) is 0 Å². The molecule has 0 aliphatic heterocycles. The second-order valence-electron chi connectivity index (χ2n) is 4.48. The van der Waals surface area contributed by atoms with Gasteiger partial charge in [-0.25, -0.2) is 4.98 Å². The van der Waals surface area contributed by atoms with Crippen molar-refractivity contribution in [1.29, 1.82) is 0 Å². The van der Waals surface area contributed by atoms with E-state index in [4.69, 9.17) is 16.3 Å². The molecule has 102 valence electrons. The zero-order valence-corrected chi connectivity index (χ0v) is 13.4. The lowest BCUT2D eigenvalue weighted by Crippen LogP contribution is -2.12. The van der Waals surface area contributed by atoms with E-state index in [9.17, 15) is 0 Å².